The summed E-state index contributed by atoms with van der Waals surface area (Å²) >= 11 is 0. The van der Waals surface area contributed by atoms with Gasteiger partial charge in [0.1, 0.15) is 24.3 Å². The van der Waals surface area contributed by atoms with Gasteiger partial charge in [-0.05, 0) is 18.6 Å². The van der Waals surface area contributed by atoms with E-state index in [-0.39, 0.29) is 0 Å². The van der Waals surface area contributed by atoms with Gasteiger partial charge in [-0.25, -0.2) is 0 Å². The van der Waals surface area contributed by atoms with Gasteiger partial charge in [0.15, 0.2) is 0 Å². The van der Waals surface area contributed by atoms with Crippen molar-refractivity contribution in [1.29, 1.82) is 0 Å². The first-order valence-electron chi connectivity index (χ1n) is 7.68. The fourth-order valence-corrected chi connectivity index (χ4v) is 1.59. The molecule has 0 atom stereocenters. The van der Waals surface area contributed by atoms with E-state index in [1.54, 1.807) is 6.07 Å². The van der Waals surface area contributed by atoms with E-state index in [4.69, 9.17) is 18.7 Å². The fraction of sp³-hybridized carbons (Fsp3) is 0.471. The van der Waals surface area contributed by atoms with Crippen LogP contribution >= 0.6 is 0 Å². The number of benzene rings is 1. The summed E-state index contributed by atoms with van der Waals surface area (Å²) < 4.78 is 21.1. The van der Waals surface area contributed by atoms with Crippen LogP contribution in [0.5, 0.6) is 5.75 Å². The van der Waals surface area contributed by atoms with E-state index in [0.29, 0.717) is 33.0 Å². The topological polar surface area (TPSA) is 53.7 Å². The lowest BCUT2D eigenvalue weighted by atomic mass is 10.3. The average molecular weight is 307 g/mol. The van der Waals surface area contributed by atoms with Gasteiger partial charge in [0.25, 0.3) is 0 Å². The molecule has 0 spiro atoms. The molecule has 0 saturated carbocycles. The van der Waals surface area contributed by atoms with E-state index in [2.05, 4.69) is 5.16 Å². The summed E-state index contributed by atoms with van der Waals surface area (Å²) in [4.78, 5) is 0. The third kappa shape index (κ3) is 8.44. The Morgan fingerprint density at radius 1 is 0.909 bits per heavy atom. The molecule has 1 aromatic heterocycles. The molecule has 5 heteroatoms. The number of ether oxygens (including phenoxy) is 3. The van der Waals surface area contributed by atoms with Crippen LogP contribution in [0.2, 0.25) is 0 Å². The smallest absolute Gasteiger partial charge is 0.124 e. The molecule has 22 heavy (non-hydrogen) atoms. The van der Waals surface area contributed by atoms with Crippen LogP contribution in [0.15, 0.2) is 47.2 Å². The lowest BCUT2D eigenvalue weighted by Gasteiger charge is -2.07. The Hall–Kier alpha value is -1.85. The van der Waals surface area contributed by atoms with Crippen LogP contribution in [0, 0.1) is 0 Å². The standard InChI is InChI=1S/C15H19NO4.C2H6/c1-2-5-15(6-3-1)19-12-11-17-8-4-9-18-13-14-7-10-20-16-14;1-2/h1-3,5-7,10H,4,8-9,11-13H2;1-2H3. The highest BCUT2D eigenvalue weighted by Gasteiger charge is 1.96. The second-order valence-corrected chi connectivity index (χ2v) is 4.17. The number of nitrogens with zero attached hydrogens (tertiary/aromatic N) is 1. The minimum Gasteiger partial charge on any atom is -0.491 e. The monoisotopic (exact) mass is 307 g/mol. The van der Waals surface area contributed by atoms with Crippen LogP contribution in [0.3, 0.4) is 0 Å². The molecule has 0 aliphatic rings. The quantitative estimate of drug-likeness (QED) is 0.626. The molecule has 1 aromatic carbocycles. The van der Waals surface area contributed by atoms with Gasteiger partial charge in [-0.15, -0.1) is 0 Å². The molecule has 0 aliphatic heterocycles. The van der Waals surface area contributed by atoms with Gasteiger partial charge in [-0.1, -0.05) is 37.2 Å². The molecule has 0 amide bonds. The number of para-hydroxylation sites is 1. The van der Waals surface area contributed by atoms with Crippen LogP contribution in [0.1, 0.15) is 26.0 Å². The maximum Gasteiger partial charge on any atom is 0.124 e. The summed E-state index contributed by atoms with van der Waals surface area (Å²) in [6.07, 6.45) is 2.39. The van der Waals surface area contributed by atoms with Crippen molar-refractivity contribution in [1.82, 2.24) is 5.16 Å². The molecule has 1 heterocycles. The Bertz CT molecular complexity index is 445. The van der Waals surface area contributed by atoms with Crippen molar-refractivity contribution in [3.8, 4) is 5.75 Å². The van der Waals surface area contributed by atoms with E-state index < -0.39 is 0 Å². The summed E-state index contributed by atoms with van der Waals surface area (Å²) in [5.74, 6) is 0.868. The minimum atomic E-state index is 0.480. The summed E-state index contributed by atoms with van der Waals surface area (Å²) in [7, 11) is 0. The predicted octanol–water partition coefficient (Wildman–Crippen LogP) is 3.70. The van der Waals surface area contributed by atoms with Gasteiger partial charge in [-0.3, -0.25) is 0 Å². The van der Waals surface area contributed by atoms with Crippen molar-refractivity contribution in [2.45, 2.75) is 26.9 Å². The number of hydrogen-bond donors (Lipinski definition) is 0. The van der Waals surface area contributed by atoms with Crippen molar-refractivity contribution in [3.63, 3.8) is 0 Å². The van der Waals surface area contributed by atoms with Gasteiger partial charge >= 0.3 is 0 Å². The van der Waals surface area contributed by atoms with Gasteiger partial charge < -0.3 is 18.7 Å². The number of hydrogen-bond acceptors (Lipinski definition) is 5. The van der Waals surface area contributed by atoms with Crippen molar-refractivity contribution in [2.75, 3.05) is 26.4 Å². The zero-order valence-electron chi connectivity index (χ0n) is 13.4. The third-order valence-corrected chi connectivity index (χ3v) is 2.56. The van der Waals surface area contributed by atoms with Gasteiger partial charge in [0.2, 0.25) is 0 Å². The van der Waals surface area contributed by atoms with Gasteiger partial charge in [0.05, 0.1) is 13.2 Å². The highest BCUT2D eigenvalue weighted by molar-refractivity contribution is 5.20. The molecule has 2 rings (SSSR count). The van der Waals surface area contributed by atoms with Gasteiger partial charge in [0, 0.05) is 19.3 Å². The second kappa shape index (κ2) is 12.9. The van der Waals surface area contributed by atoms with Crippen LogP contribution in [-0.2, 0) is 16.1 Å². The zero-order chi connectivity index (χ0) is 15.9. The largest absolute Gasteiger partial charge is 0.491 e. The molecule has 0 aliphatic carbocycles. The average Bonchev–Trinajstić information content (AvgIpc) is 3.09. The highest BCUT2D eigenvalue weighted by atomic mass is 16.5. The molecule has 0 fully saturated rings. The van der Waals surface area contributed by atoms with Crippen LogP contribution in [0.25, 0.3) is 0 Å². The molecule has 2 aromatic rings. The predicted molar refractivity (Wildman–Crippen MR) is 84.9 cm³/mol. The van der Waals surface area contributed by atoms with Crippen LogP contribution in [0.4, 0.5) is 0 Å². The SMILES string of the molecule is CC.c1ccc(OCCOCCCOCc2ccon2)cc1. The summed E-state index contributed by atoms with van der Waals surface area (Å²) in [6.45, 7) is 6.93. The molecule has 122 valence electrons. The van der Waals surface area contributed by atoms with Crippen molar-refractivity contribution in [2.24, 2.45) is 0 Å². The van der Waals surface area contributed by atoms with E-state index in [1.807, 2.05) is 44.2 Å². The summed E-state index contributed by atoms with van der Waals surface area (Å²) in [6, 6.07) is 11.5. The van der Waals surface area contributed by atoms with Crippen LogP contribution in [-0.4, -0.2) is 31.6 Å². The molecule has 0 saturated heterocycles. The van der Waals surface area contributed by atoms with E-state index in [9.17, 15) is 0 Å². The lowest BCUT2D eigenvalue weighted by Crippen LogP contribution is -2.08. The molecule has 0 bridgehead atoms. The van der Waals surface area contributed by atoms with Gasteiger partial charge in [-0.2, -0.15) is 0 Å². The first-order valence-corrected chi connectivity index (χ1v) is 7.68. The summed E-state index contributed by atoms with van der Waals surface area (Å²) in [5, 5.41) is 3.76. The number of aromatic nitrogens is 1. The highest BCUT2D eigenvalue weighted by Crippen LogP contribution is 2.07. The molecular weight excluding hydrogens is 282 g/mol. The zero-order valence-corrected chi connectivity index (χ0v) is 13.4. The van der Waals surface area contributed by atoms with E-state index in [0.717, 1.165) is 17.9 Å². The lowest BCUT2D eigenvalue weighted by molar-refractivity contribution is 0.0617. The Kier molecular flexibility index (Phi) is 10.6. The molecular formula is C17H25NO4. The minimum absolute atomic E-state index is 0.480. The van der Waals surface area contributed by atoms with Crippen LogP contribution < -0.4 is 4.74 Å². The molecule has 5 nitrogen and oxygen atoms in total. The maximum atomic E-state index is 5.51. The first-order chi connectivity index (χ1) is 10.9. The van der Waals surface area contributed by atoms with E-state index in [1.165, 1.54) is 6.26 Å². The molecule has 0 radical (unpaired) electrons. The Morgan fingerprint density at radius 2 is 1.68 bits per heavy atom. The van der Waals surface area contributed by atoms with Crippen molar-refractivity contribution < 1.29 is 18.7 Å². The summed E-state index contributed by atoms with van der Waals surface area (Å²) in [5.41, 5.74) is 0.808. The van der Waals surface area contributed by atoms with E-state index >= 15 is 0 Å². The third-order valence-electron chi connectivity index (χ3n) is 2.56. The Balaban J connectivity index is 0.00000116. The number of rotatable bonds is 10. The molecule has 0 unspecified atom stereocenters. The normalized spacial score (nSPS) is 9.91. The maximum absolute atomic E-state index is 5.51. The fourth-order valence-electron chi connectivity index (χ4n) is 1.59. The van der Waals surface area contributed by atoms with Crippen molar-refractivity contribution in [3.05, 3.63) is 48.4 Å². The first kappa shape index (κ1) is 18.2. The Morgan fingerprint density at radius 3 is 2.41 bits per heavy atom. The molecule has 0 N–H and O–H groups in total. The van der Waals surface area contributed by atoms with Crippen molar-refractivity contribution >= 4 is 0 Å². The Labute approximate surface area is 132 Å². The second-order valence-electron chi connectivity index (χ2n) is 4.17.